The lowest BCUT2D eigenvalue weighted by atomic mass is 9.95. The SMILES string of the molecule is COCCOCn1ccnc1C1CCN(C(=O)c2ccccc2-n2cccc2)CC1. The Morgan fingerprint density at radius 1 is 1.07 bits per heavy atom. The number of carbonyl (C=O) groups excluding carboxylic acids is 1. The van der Waals surface area contributed by atoms with Crippen molar-refractivity contribution in [3.63, 3.8) is 0 Å². The molecule has 2 aromatic heterocycles. The van der Waals surface area contributed by atoms with Gasteiger partial charge in [-0.25, -0.2) is 4.98 Å². The van der Waals surface area contributed by atoms with Crippen LogP contribution in [0.5, 0.6) is 0 Å². The van der Waals surface area contributed by atoms with Crippen LogP contribution in [0.15, 0.2) is 61.2 Å². The van der Waals surface area contributed by atoms with Gasteiger partial charge >= 0.3 is 0 Å². The molecule has 0 radical (unpaired) electrons. The van der Waals surface area contributed by atoms with E-state index in [1.807, 2.05) is 70.7 Å². The topological polar surface area (TPSA) is 61.5 Å². The van der Waals surface area contributed by atoms with E-state index in [0.717, 1.165) is 43.0 Å². The summed E-state index contributed by atoms with van der Waals surface area (Å²) >= 11 is 0. The number of hydrogen-bond donors (Lipinski definition) is 0. The van der Waals surface area contributed by atoms with Gasteiger partial charge in [-0.3, -0.25) is 4.79 Å². The molecule has 7 nitrogen and oxygen atoms in total. The smallest absolute Gasteiger partial charge is 0.255 e. The third kappa shape index (κ3) is 4.47. The molecule has 0 N–H and O–H groups in total. The summed E-state index contributed by atoms with van der Waals surface area (Å²) in [6, 6.07) is 11.7. The molecular formula is C23H28N4O3. The number of aromatic nitrogens is 3. The van der Waals surface area contributed by atoms with Crippen molar-refractivity contribution in [2.24, 2.45) is 0 Å². The molecule has 0 spiro atoms. The van der Waals surface area contributed by atoms with Crippen molar-refractivity contribution >= 4 is 5.91 Å². The number of methoxy groups -OCH3 is 1. The number of hydrogen-bond acceptors (Lipinski definition) is 4. The Bertz CT molecular complexity index is 943. The van der Waals surface area contributed by atoms with E-state index >= 15 is 0 Å². The first kappa shape index (κ1) is 20.4. The Kier molecular flexibility index (Phi) is 6.61. The lowest BCUT2D eigenvalue weighted by Gasteiger charge is -2.32. The monoisotopic (exact) mass is 408 g/mol. The molecule has 0 atom stereocenters. The van der Waals surface area contributed by atoms with Crippen LogP contribution in [0.2, 0.25) is 0 Å². The van der Waals surface area contributed by atoms with Gasteiger partial charge in [0.05, 0.1) is 24.5 Å². The molecule has 158 valence electrons. The van der Waals surface area contributed by atoms with E-state index in [1.54, 1.807) is 7.11 Å². The van der Waals surface area contributed by atoms with Crippen LogP contribution in [-0.2, 0) is 16.2 Å². The number of likely N-dealkylation sites (tertiary alicyclic amines) is 1. The fraction of sp³-hybridized carbons (Fsp3) is 0.391. The van der Waals surface area contributed by atoms with Gasteiger partial charge in [0.15, 0.2) is 0 Å². The summed E-state index contributed by atoms with van der Waals surface area (Å²) in [4.78, 5) is 19.8. The third-order valence-corrected chi connectivity index (χ3v) is 5.57. The first-order valence-electron chi connectivity index (χ1n) is 10.4. The molecule has 1 saturated heterocycles. The highest BCUT2D eigenvalue weighted by Gasteiger charge is 2.28. The number of nitrogens with zero attached hydrogens (tertiary/aromatic N) is 4. The zero-order valence-corrected chi connectivity index (χ0v) is 17.3. The number of para-hydroxylation sites is 1. The molecule has 0 bridgehead atoms. The lowest BCUT2D eigenvalue weighted by molar-refractivity contribution is 0.0318. The maximum Gasteiger partial charge on any atom is 0.255 e. The van der Waals surface area contributed by atoms with E-state index in [2.05, 4.69) is 9.55 Å². The predicted octanol–water partition coefficient (Wildman–Crippen LogP) is 3.31. The van der Waals surface area contributed by atoms with Crippen molar-refractivity contribution in [1.82, 2.24) is 19.0 Å². The normalized spacial score (nSPS) is 14.9. The van der Waals surface area contributed by atoms with E-state index in [-0.39, 0.29) is 5.91 Å². The number of rotatable bonds is 8. The summed E-state index contributed by atoms with van der Waals surface area (Å²) in [5, 5.41) is 0. The first-order chi connectivity index (χ1) is 14.8. The van der Waals surface area contributed by atoms with Crippen LogP contribution < -0.4 is 0 Å². The van der Waals surface area contributed by atoms with E-state index in [1.165, 1.54) is 0 Å². The van der Waals surface area contributed by atoms with Crippen LogP contribution in [0.3, 0.4) is 0 Å². The Balaban J connectivity index is 1.39. The number of piperidine rings is 1. The highest BCUT2D eigenvalue weighted by molar-refractivity contribution is 5.97. The third-order valence-electron chi connectivity index (χ3n) is 5.57. The summed E-state index contributed by atoms with van der Waals surface area (Å²) in [6.07, 6.45) is 9.49. The largest absolute Gasteiger partial charge is 0.382 e. The molecule has 1 amide bonds. The van der Waals surface area contributed by atoms with Gasteiger partial charge in [0.25, 0.3) is 5.91 Å². The maximum atomic E-state index is 13.2. The highest BCUT2D eigenvalue weighted by atomic mass is 16.5. The summed E-state index contributed by atoms with van der Waals surface area (Å²) < 4.78 is 14.7. The molecule has 30 heavy (non-hydrogen) atoms. The molecule has 3 aromatic rings. The van der Waals surface area contributed by atoms with Crippen LogP contribution in [0.4, 0.5) is 0 Å². The fourth-order valence-corrected chi connectivity index (χ4v) is 3.98. The number of ether oxygens (including phenoxy) is 2. The number of amides is 1. The van der Waals surface area contributed by atoms with Gasteiger partial charge < -0.3 is 23.5 Å². The van der Waals surface area contributed by atoms with Gasteiger partial charge in [0.1, 0.15) is 12.6 Å². The predicted molar refractivity (Wildman–Crippen MR) is 114 cm³/mol. The zero-order valence-electron chi connectivity index (χ0n) is 17.3. The van der Waals surface area contributed by atoms with E-state index in [9.17, 15) is 4.79 Å². The minimum absolute atomic E-state index is 0.0870. The van der Waals surface area contributed by atoms with Gasteiger partial charge in [-0.1, -0.05) is 12.1 Å². The summed E-state index contributed by atoms with van der Waals surface area (Å²) in [5.41, 5.74) is 1.65. The van der Waals surface area contributed by atoms with Gasteiger partial charge in [-0.2, -0.15) is 0 Å². The second-order valence-corrected chi connectivity index (χ2v) is 7.46. The second kappa shape index (κ2) is 9.73. The van der Waals surface area contributed by atoms with Crippen LogP contribution in [0, 0.1) is 0 Å². The summed E-state index contributed by atoms with van der Waals surface area (Å²) in [7, 11) is 1.66. The van der Waals surface area contributed by atoms with Crippen LogP contribution in [-0.4, -0.2) is 58.3 Å². The molecule has 4 rings (SSSR count). The van der Waals surface area contributed by atoms with Gasteiger partial charge in [-0.05, 0) is 37.1 Å². The van der Waals surface area contributed by atoms with Crippen molar-refractivity contribution in [1.29, 1.82) is 0 Å². The molecule has 7 heteroatoms. The van der Waals surface area contributed by atoms with Crippen molar-refractivity contribution in [3.05, 3.63) is 72.6 Å². The molecule has 0 aliphatic carbocycles. The number of carbonyl (C=O) groups is 1. The number of imidazole rings is 1. The summed E-state index contributed by atoms with van der Waals surface area (Å²) in [5.74, 6) is 1.45. The molecule has 1 fully saturated rings. The average molecular weight is 409 g/mol. The number of benzene rings is 1. The maximum absolute atomic E-state index is 13.2. The quantitative estimate of drug-likeness (QED) is 0.537. The second-order valence-electron chi connectivity index (χ2n) is 7.46. The molecular weight excluding hydrogens is 380 g/mol. The Hall–Kier alpha value is -2.90. The molecule has 0 unspecified atom stereocenters. The fourth-order valence-electron chi connectivity index (χ4n) is 3.98. The average Bonchev–Trinajstić information content (AvgIpc) is 3.49. The van der Waals surface area contributed by atoms with Crippen LogP contribution in [0.1, 0.15) is 34.9 Å². The van der Waals surface area contributed by atoms with Gasteiger partial charge in [0.2, 0.25) is 0 Å². The van der Waals surface area contributed by atoms with Crippen molar-refractivity contribution in [3.8, 4) is 5.69 Å². The standard InChI is InChI=1S/C23H28N4O3/c1-29-16-17-30-18-27-15-10-24-22(27)19-8-13-26(14-9-19)23(28)20-6-2-3-7-21(20)25-11-4-5-12-25/h2-7,10-12,15,19H,8-9,13-14,16-18H2,1H3. The molecule has 1 aliphatic heterocycles. The Morgan fingerprint density at radius 2 is 1.83 bits per heavy atom. The lowest BCUT2D eigenvalue weighted by Crippen LogP contribution is -2.38. The highest BCUT2D eigenvalue weighted by Crippen LogP contribution is 2.28. The Morgan fingerprint density at radius 3 is 2.60 bits per heavy atom. The molecule has 1 aliphatic rings. The van der Waals surface area contributed by atoms with E-state index in [4.69, 9.17) is 9.47 Å². The first-order valence-corrected chi connectivity index (χ1v) is 10.4. The van der Waals surface area contributed by atoms with E-state index in [0.29, 0.717) is 25.9 Å². The Labute approximate surface area is 176 Å². The van der Waals surface area contributed by atoms with E-state index < -0.39 is 0 Å². The summed E-state index contributed by atoms with van der Waals surface area (Å²) in [6.45, 7) is 3.06. The zero-order chi connectivity index (χ0) is 20.8. The molecule has 3 heterocycles. The van der Waals surface area contributed by atoms with Gasteiger partial charge in [-0.15, -0.1) is 0 Å². The van der Waals surface area contributed by atoms with Crippen LogP contribution >= 0.6 is 0 Å². The van der Waals surface area contributed by atoms with Crippen LogP contribution in [0.25, 0.3) is 5.69 Å². The minimum atomic E-state index is 0.0870. The molecule has 1 aromatic carbocycles. The van der Waals surface area contributed by atoms with Crippen molar-refractivity contribution in [2.45, 2.75) is 25.5 Å². The molecule has 0 saturated carbocycles. The van der Waals surface area contributed by atoms with Crippen molar-refractivity contribution < 1.29 is 14.3 Å². The van der Waals surface area contributed by atoms with Crippen molar-refractivity contribution in [2.75, 3.05) is 33.4 Å². The minimum Gasteiger partial charge on any atom is -0.382 e. The van der Waals surface area contributed by atoms with Gasteiger partial charge in [0, 0.05) is 50.9 Å².